The first-order valence-electron chi connectivity index (χ1n) is 8.34. The van der Waals surface area contributed by atoms with Crippen molar-refractivity contribution < 1.29 is 0 Å². The van der Waals surface area contributed by atoms with E-state index >= 15 is 0 Å². The van der Waals surface area contributed by atoms with Gasteiger partial charge in [-0.3, -0.25) is 4.90 Å². The van der Waals surface area contributed by atoms with Crippen LogP contribution in [0.1, 0.15) is 73.1 Å². The zero-order valence-corrected chi connectivity index (χ0v) is 14.0. The van der Waals surface area contributed by atoms with Crippen LogP contribution in [0.2, 0.25) is 0 Å². The summed E-state index contributed by atoms with van der Waals surface area (Å²) in [4.78, 5) is 2.68. The van der Waals surface area contributed by atoms with E-state index in [1.165, 1.54) is 45.1 Å². The molecular formula is C17H36N2. The fourth-order valence-corrected chi connectivity index (χ4v) is 3.75. The van der Waals surface area contributed by atoms with Crippen molar-refractivity contribution in [2.75, 3.05) is 19.6 Å². The Balaban J connectivity index is 2.67. The van der Waals surface area contributed by atoms with Gasteiger partial charge >= 0.3 is 0 Å². The van der Waals surface area contributed by atoms with E-state index in [4.69, 9.17) is 5.73 Å². The van der Waals surface area contributed by atoms with E-state index in [1.807, 2.05) is 0 Å². The van der Waals surface area contributed by atoms with Gasteiger partial charge in [-0.1, -0.05) is 41.0 Å². The second-order valence-electron chi connectivity index (χ2n) is 7.50. The lowest BCUT2D eigenvalue weighted by atomic mass is 9.66. The van der Waals surface area contributed by atoms with E-state index in [0.717, 1.165) is 19.0 Å². The molecule has 0 radical (unpaired) electrons. The maximum atomic E-state index is 6.20. The Morgan fingerprint density at radius 1 is 1.16 bits per heavy atom. The van der Waals surface area contributed by atoms with Gasteiger partial charge in [0.2, 0.25) is 0 Å². The molecule has 2 heteroatoms. The van der Waals surface area contributed by atoms with Crippen LogP contribution in [0.5, 0.6) is 0 Å². The van der Waals surface area contributed by atoms with Crippen molar-refractivity contribution in [1.29, 1.82) is 0 Å². The predicted molar refractivity (Wildman–Crippen MR) is 85.4 cm³/mol. The molecule has 2 N–H and O–H groups in total. The maximum Gasteiger partial charge on any atom is 0.0331 e. The first-order valence-corrected chi connectivity index (χ1v) is 8.34. The van der Waals surface area contributed by atoms with E-state index in [1.54, 1.807) is 0 Å². The van der Waals surface area contributed by atoms with E-state index in [-0.39, 0.29) is 0 Å². The largest absolute Gasteiger partial charge is 0.329 e. The Morgan fingerprint density at radius 2 is 1.74 bits per heavy atom. The molecule has 1 aliphatic rings. The standard InChI is InChI=1S/C17H36N2/c1-6-8-13-19(7-2)17(14-18)11-9-15(10-12-17)16(3,4)5/h15H,6-14,18H2,1-5H3. The molecule has 0 heterocycles. The first-order chi connectivity index (χ1) is 8.89. The highest BCUT2D eigenvalue weighted by Gasteiger charge is 2.40. The number of nitrogens with zero attached hydrogens (tertiary/aromatic N) is 1. The third kappa shape index (κ3) is 4.19. The van der Waals surface area contributed by atoms with Crippen molar-refractivity contribution in [3.05, 3.63) is 0 Å². The van der Waals surface area contributed by atoms with E-state index < -0.39 is 0 Å². The molecule has 0 aromatic rings. The highest BCUT2D eigenvalue weighted by Crippen LogP contribution is 2.43. The minimum absolute atomic E-state index is 0.297. The number of nitrogens with two attached hydrogens (primary N) is 1. The molecule has 1 rings (SSSR count). The summed E-state index contributed by atoms with van der Waals surface area (Å²) in [5, 5.41) is 0. The second kappa shape index (κ2) is 7.08. The monoisotopic (exact) mass is 268 g/mol. The molecule has 0 aliphatic heterocycles. The van der Waals surface area contributed by atoms with Crippen LogP contribution in [0, 0.1) is 11.3 Å². The van der Waals surface area contributed by atoms with Crippen molar-refractivity contribution in [1.82, 2.24) is 4.90 Å². The lowest BCUT2D eigenvalue weighted by molar-refractivity contribution is 0.0235. The molecule has 19 heavy (non-hydrogen) atoms. The van der Waals surface area contributed by atoms with Gasteiger partial charge in [0.05, 0.1) is 0 Å². The van der Waals surface area contributed by atoms with Crippen molar-refractivity contribution in [2.24, 2.45) is 17.1 Å². The fraction of sp³-hybridized carbons (Fsp3) is 1.00. The smallest absolute Gasteiger partial charge is 0.0331 e. The summed E-state index contributed by atoms with van der Waals surface area (Å²) < 4.78 is 0. The lowest BCUT2D eigenvalue weighted by Gasteiger charge is -2.49. The molecule has 0 spiro atoms. The summed E-state index contributed by atoms with van der Waals surface area (Å²) >= 11 is 0. The molecule has 1 saturated carbocycles. The van der Waals surface area contributed by atoms with Gasteiger partial charge in [0.15, 0.2) is 0 Å². The summed E-state index contributed by atoms with van der Waals surface area (Å²) in [6.07, 6.45) is 7.87. The third-order valence-electron chi connectivity index (χ3n) is 5.36. The number of hydrogen-bond donors (Lipinski definition) is 1. The highest BCUT2D eigenvalue weighted by molar-refractivity contribution is 4.97. The van der Waals surface area contributed by atoms with Gasteiger partial charge in [0, 0.05) is 12.1 Å². The zero-order chi connectivity index (χ0) is 14.5. The Hall–Kier alpha value is -0.0800. The number of unbranched alkanes of at least 4 members (excludes halogenated alkanes) is 1. The predicted octanol–water partition coefficient (Wildman–Crippen LogP) is 4.04. The summed E-state index contributed by atoms with van der Waals surface area (Å²) in [5.41, 5.74) is 6.96. The highest BCUT2D eigenvalue weighted by atomic mass is 15.2. The van der Waals surface area contributed by atoms with Crippen molar-refractivity contribution in [2.45, 2.75) is 78.7 Å². The first kappa shape index (κ1) is 17.0. The van der Waals surface area contributed by atoms with Crippen LogP contribution >= 0.6 is 0 Å². The van der Waals surface area contributed by atoms with Crippen LogP contribution in [-0.4, -0.2) is 30.1 Å². The van der Waals surface area contributed by atoms with Crippen molar-refractivity contribution in [3.8, 4) is 0 Å². The normalized spacial score (nSPS) is 28.9. The van der Waals surface area contributed by atoms with Gasteiger partial charge in [-0.25, -0.2) is 0 Å². The van der Waals surface area contributed by atoms with Crippen molar-refractivity contribution in [3.63, 3.8) is 0 Å². The van der Waals surface area contributed by atoms with Gasteiger partial charge < -0.3 is 5.73 Å². The van der Waals surface area contributed by atoms with E-state index in [0.29, 0.717) is 11.0 Å². The summed E-state index contributed by atoms with van der Waals surface area (Å²) in [7, 11) is 0. The van der Waals surface area contributed by atoms with E-state index in [2.05, 4.69) is 39.5 Å². The SMILES string of the molecule is CCCCN(CC)C1(CN)CCC(C(C)(C)C)CC1. The average molecular weight is 268 g/mol. The van der Waals surface area contributed by atoms with Crippen LogP contribution in [0.3, 0.4) is 0 Å². The Labute approximate surface area is 121 Å². The number of hydrogen-bond acceptors (Lipinski definition) is 2. The molecule has 0 aromatic carbocycles. The van der Waals surface area contributed by atoms with Gasteiger partial charge in [-0.05, 0) is 56.5 Å². The van der Waals surface area contributed by atoms with E-state index in [9.17, 15) is 0 Å². The molecule has 0 aromatic heterocycles. The number of rotatable bonds is 6. The Morgan fingerprint density at radius 3 is 2.11 bits per heavy atom. The Bertz CT molecular complexity index is 246. The molecule has 0 amide bonds. The minimum atomic E-state index is 0.297. The molecule has 2 nitrogen and oxygen atoms in total. The summed E-state index contributed by atoms with van der Waals surface area (Å²) in [5.74, 6) is 0.872. The molecular weight excluding hydrogens is 232 g/mol. The zero-order valence-electron chi connectivity index (χ0n) is 14.0. The Kier molecular flexibility index (Phi) is 6.32. The molecule has 0 atom stereocenters. The quantitative estimate of drug-likeness (QED) is 0.787. The fourth-order valence-electron chi connectivity index (χ4n) is 3.75. The topological polar surface area (TPSA) is 29.3 Å². The molecule has 1 aliphatic carbocycles. The number of likely N-dealkylation sites (N-methyl/N-ethyl adjacent to an activating group) is 1. The van der Waals surface area contributed by atoms with Crippen LogP contribution in [-0.2, 0) is 0 Å². The van der Waals surface area contributed by atoms with Crippen molar-refractivity contribution >= 4 is 0 Å². The summed E-state index contributed by atoms with van der Waals surface area (Å²) in [6.45, 7) is 15.0. The minimum Gasteiger partial charge on any atom is -0.329 e. The second-order valence-corrected chi connectivity index (χ2v) is 7.50. The molecule has 1 fully saturated rings. The van der Waals surface area contributed by atoms with Crippen LogP contribution in [0.15, 0.2) is 0 Å². The van der Waals surface area contributed by atoms with Gasteiger partial charge in [-0.2, -0.15) is 0 Å². The van der Waals surface area contributed by atoms with Crippen LogP contribution in [0.4, 0.5) is 0 Å². The van der Waals surface area contributed by atoms with Crippen LogP contribution in [0.25, 0.3) is 0 Å². The average Bonchev–Trinajstić information content (AvgIpc) is 2.39. The van der Waals surface area contributed by atoms with Gasteiger partial charge in [0.1, 0.15) is 0 Å². The molecule has 0 saturated heterocycles. The van der Waals surface area contributed by atoms with Crippen LogP contribution < -0.4 is 5.73 Å². The molecule has 0 unspecified atom stereocenters. The maximum absolute atomic E-state index is 6.20. The van der Waals surface area contributed by atoms with Gasteiger partial charge in [-0.15, -0.1) is 0 Å². The third-order valence-corrected chi connectivity index (χ3v) is 5.36. The lowest BCUT2D eigenvalue weighted by Crippen LogP contribution is -2.56. The van der Waals surface area contributed by atoms with Gasteiger partial charge in [0.25, 0.3) is 0 Å². The molecule has 114 valence electrons. The molecule has 0 bridgehead atoms. The summed E-state index contributed by atoms with van der Waals surface area (Å²) in [6, 6.07) is 0.